The van der Waals surface area contributed by atoms with Crippen LogP contribution in [0.3, 0.4) is 0 Å². The van der Waals surface area contributed by atoms with Gasteiger partial charge in [-0.25, -0.2) is 23.1 Å². The van der Waals surface area contributed by atoms with Gasteiger partial charge in [-0.1, -0.05) is 54.6 Å². The van der Waals surface area contributed by atoms with Crippen molar-refractivity contribution in [1.82, 2.24) is 0 Å². The molecule has 136 valence electrons. The Morgan fingerprint density at radius 2 is 1.07 bits per heavy atom. The van der Waals surface area contributed by atoms with Gasteiger partial charge in [0.15, 0.2) is 0 Å². The summed E-state index contributed by atoms with van der Waals surface area (Å²) in [5.41, 5.74) is 2.18. The van der Waals surface area contributed by atoms with Gasteiger partial charge in [-0.15, -0.1) is 10.2 Å². The third kappa shape index (κ3) is 5.34. The van der Waals surface area contributed by atoms with Crippen molar-refractivity contribution in [3.05, 3.63) is 91.0 Å². The molecule has 0 N–H and O–H groups in total. The monoisotopic (exact) mass is 382 g/mol. The standard InChI is InChI=1S/C21H15O.ClHO4/c1-3-9-16(10-4-1)20-15-18-13-7-8-14-19(18)21(22-20)17-11-5-2-6-12-17;2-1(3,4)5/h1-15H;(H,2,3,4,5)/q+1;/p-1. The Labute approximate surface area is 158 Å². The van der Waals surface area contributed by atoms with E-state index in [-0.39, 0.29) is 0 Å². The highest BCUT2D eigenvalue weighted by Crippen LogP contribution is 2.33. The van der Waals surface area contributed by atoms with E-state index >= 15 is 0 Å². The van der Waals surface area contributed by atoms with E-state index in [0.29, 0.717) is 0 Å². The molecular formula is C21H15ClO5. The van der Waals surface area contributed by atoms with Crippen LogP contribution < -0.4 is 18.6 Å². The molecule has 0 radical (unpaired) electrons. The molecule has 6 heteroatoms. The lowest BCUT2D eigenvalue weighted by atomic mass is 10.0. The van der Waals surface area contributed by atoms with Crippen LogP contribution >= 0.6 is 0 Å². The second-order valence-corrected chi connectivity index (χ2v) is 6.39. The summed E-state index contributed by atoms with van der Waals surface area (Å²) >= 11 is 0. The summed E-state index contributed by atoms with van der Waals surface area (Å²) in [5.74, 6) is 1.80. The van der Waals surface area contributed by atoms with Crippen molar-refractivity contribution in [3.8, 4) is 22.6 Å². The number of hydrogen-bond donors (Lipinski definition) is 0. The predicted octanol–water partition coefficient (Wildman–Crippen LogP) is 1.29. The van der Waals surface area contributed by atoms with Gasteiger partial charge in [0.05, 0.1) is 22.6 Å². The molecule has 0 saturated heterocycles. The van der Waals surface area contributed by atoms with Crippen LogP contribution in [0.2, 0.25) is 0 Å². The van der Waals surface area contributed by atoms with Crippen LogP contribution in [0.1, 0.15) is 0 Å². The highest BCUT2D eigenvalue weighted by molar-refractivity contribution is 5.95. The average Bonchev–Trinajstić information content (AvgIpc) is 2.67. The minimum Gasteiger partial charge on any atom is -0.222 e. The number of hydrogen-bond acceptors (Lipinski definition) is 4. The molecule has 0 fully saturated rings. The van der Waals surface area contributed by atoms with Crippen LogP contribution in [-0.4, -0.2) is 0 Å². The first kappa shape index (κ1) is 19.0. The summed E-state index contributed by atoms with van der Waals surface area (Å²) in [4.78, 5) is 0. The number of fused-ring (bicyclic) bond motifs is 1. The SMILES string of the molecule is [O-][Cl+3]([O-])([O-])[O-].c1ccc(-c2cc3ccccc3c(-c3ccccc3)[o+]2)cc1. The van der Waals surface area contributed by atoms with Crippen molar-refractivity contribution in [2.75, 3.05) is 0 Å². The lowest BCUT2D eigenvalue weighted by Gasteiger charge is -2.17. The Morgan fingerprint density at radius 3 is 1.67 bits per heavy atom. The van der Waals surface area contributed by atoms with Crippen LogP contribution in [0.25, 0.3) is 33.4 Å². The molecule has 5 nitrogen and oxygen atoms in total. The second-order valence-electron chi connectivity index (χ2n) is 5.64. The fourth-order valence-electron chi connectivity index (χ4n) is 2.71. The molecule has 0 saturated carbocycles. The molecule has 0 bridgehead atoms. The van der Waals surface area contributed by atoms with Crippen LogP contribution in [-0.2, 0) is 0 Å². The highest BCUT2D eigenvalue weighted by atomic mass is 35.7. The first-order chi connectivity index (χ1) is 12.9. The summed E-state index contributed by atoms with van der Waals surface area (Å²) < 4.78 is 40.2. The topological polar surface area (TPSA) is 104 Å². The molecular weight excluding hydrogens is 368 g/mol. The number of benzene rings is 3. The molecule has 0 unspecified atom stereocenters. The minimum absolute atomic E-state index is 0.887. The zero-order valence-corrected chi connectivity index (χ0v) is 14.8. The van der Waals surface area contributed by atoms with Gasteiger partial charge in [0.2, 0.25) is 0 Å². The van der Waals surface area contributed by atoms with E-state index < -0.39 is 10.2 Å². The summed E-state index contributed by atoms with van der Waals surface area (Å²) in [6.07, 6.45) is 0. The zero-order valence-electron chi connectivity index (χ0n) is 14.1. The molecule has 0 aliphatic rings. The van der Waals surface area contributed by atoms with Gasteiger partial charge in [0, 0.05) is 5.39 Å². The molecule has 0 amide bonds. The minimum atomic E-state index is -4.94. The van der Waals surface area contributed by atoms with Crippen LogP contribution in [0.4, 0.5) is 0 Å². The van der Waals surface area contributed by atoms with Gasteiger partial charge in [0.25, 0.3) is 0 Å². The molecule has 4 rings (SSSR count). The van der Waals surface area contributed by atoms with Crippen molar-refractivity contribution in [2.24, 2.45) is 0 Å². The summed E-state index contributed by atoms with van der Waals surface area (Å²) in [7, 11) is -4.94. The van der Waals surface area contributed by atoms with E-state index in [1.54, 1.807) is 0 Å². The molecule has 0 aliphatic carbocycles. The molecule has 0 aliphatic heterocycles. The Morgan fingerprint density at radius 1 is 0.593 bits per heavy atom. The lowest BCUT2D eigenvalue weighted by molar-refractivity contribution is -2.00. The summed E-state index contributed by atoms with van der Waals surface area (Å²) in [6, 6.07) is 30.9. The Bertz CT molecular complexity index is 1010. The van der Waals surface area contributed by atoms with Crippen LogP contribution in [0.5, 0.6) is 0 Å². The van der Waals surface area contributed by atoms with Gasteiger partial charge in [-0.05, 0) is 30.3 Å². The fraction of sp³-hybridized carbons (Fsp3) is 0. The van der Waals surface area contributed by atoms with E-state index in [1.807, 2.05) is 42.5 Å². The smallest absolute Gasteiger partial charge is 0.222 e. The van der Waals surface area contributed by atoms with Gasteiger partial charge >= 0.3 is 11.5 Å². The van der Waals surface area contributed by atoms with E-state index in [0.717, 1.165) is 28.0 Å². The van der Waals surface area contributed by atoms with Gasteiger partial charge in [0.1, 0.15) is 0 Å². The van der Waals surface area contributed by atoms with Crippen molar-refractivity contribution < 1.29 is 33.3 Å². The van der Waals surface area contributed by atoms with Gasteiger partial charge in [-0.2, -0.15) is 0 Å². The molecule has 1 aromatic heterocycles. The average molecular weight is 383 g/mol. The fourth-order valence-corrected chi connectivity index (χ4v) is 2.71. The Hall–Kier alpha value is -2.80. The van der Waals surface area contributed by atoms with Crippen molar-refractivity contribution in [2.45, 2.75) is 0 Å². The first-order valence-corrected chi connectivity index (χ1v) is 9.24. The van der Waals surface area contributed by atoms with Crippen molar-refractivity contribution in [1.29, 1.82) is 0 Å². The molecule has 27 heavy (non-hydrogen) atoms. The maximum absolute atomic E-state index is 8.49. The number of halogens is 1. The predicted molar refractivity (Wildman–Crippen MR) is 91.5 cm³/mol. The van der Waals surface area contributed by atoms with Gasteiger partial charge in [-0.3, -0.25) is 0 Å². The summed E-state index contributed by atoms with van der Waals surface area (Å²) in [5, 5.41) is 2.32. The van der Waals surface area contributed by atoms with Crippen LogP contribution in [0.15, 0.2) is 95.4 Å². The van der Waals surface area contributed by atoms with E-state index in [4.69, 9.17) is 23.1 Å². The third-order valence-corrected chi connectivity index (χ3v) is 3.80. The Balaban J connectivity index is 0.000000376. The highest BCUT2D eigenvalue weighted by Gasteiger charge is 2.21. The third-order valence-electron chi connectivity index (χ3n) is 3.80. The molecule has 0 atom stereocenters. The second kappa shape index (κ2) is 8.26. The quantitative estimate of drug-likeness (QED) is 0.486. The van der Waals surface area contributed by atoms with E-state index in [1.165, 1.54) is 5.39 Å². The lowest BCUT2D eigenvalue weighted by Crippen LogP contribution is -2.68. The van der Waals surface area contributed by atoms with E-state index in [2.05, 4.69) is 48.5 Å². The van der Waals surface area contributed by atoms with Gasteiger partial charge < -0.3 is 0 Å². The molecule has 1 heterocycles. The van der Waals surface area contributed by atoms with Crippen molar-refractivity contribution >= 4 is 10.8 Å². The normalized spacial score (nSPS) is 11.0. The molecule has 0 spiro atoms. The zero-order chi connectivity index (χ0) is 19.3. The maximum atomic E-state index is 8.49. The summed E-state index contributed by atoms with van der Waals surface area (Å²) in [6.45, 7) is 0. The van der Waals surface area contributed by atoms with Crippen LogP contribution in [0, 0.1) is 10.2 Å². The maximum Gasteiger partial charge on any atom is 0.368 e. The molecule has 3 aromatic carbocycles. The first-order valence-electron chi connectivity index (χ1n) is 8.00. The molecule has 4 aromatic rings. The Kier molecular flexibility index (Phi) is 5.81. The van der Waals surface area contributed by atoms with E-state index in [9.17, 15) is 0 Å². The van der Waals surface area contributed by atoms with Crippen molar-refractivity contribution in [3.63, 3.8) is 0 Å². The largest absolute Gasteiger partial charge is 0.368 e. The number of rotatable bonds is 2.